The molecular formula is C16H15N4O3+. The first-order chi connectivity index (χ1) is 11.3. The minimum Gasteiger partial charge on any atom is -0.486 e. The van der Waals surface area contributed by atoms with Gasteiger partial charge < -0.3 is 14.8 Å². The molecule has 0 fully saturated rings. The summed E-state index contributed by atoms with van der Waals surface area (Å²) in [4.78, 5) is 15.2. The van der Waals surface area contributed by atoms with Crippen molar-refractivity contribution < 1.29 is 19.3 Å². The lowest BCUT2D eigenvalue weighted by molar-refractivity contribution is -0.375. The topological polar surface area (TPSA) is 90.4 Å². The van der Waals surface area contributed by atoms with Gasteiger partial charge >= 0.3 is 0 Å². The van der Waals surface area contributed by atoms with Crippen LogP contribution in [0.3, 0.4) is 0 Å². The lowest BCUT2D eigenvalue weighted by Gasteiger charge is -2.18. The summed E-state index contributed by atoms with van der Waals surface area (Å²) in [6.45, 7) is 1.08. The van der Waals surface area contributed by atoms with Crippen LogP contribution in [0, 0.1) is 0 Å². The van der Waals surface area contributed by atoms with Crippen molar-refractivity contribution in [1.29, 1.82) is 0 Å². The van der Waals surface area contributed by atoms with Crippen LogP contribution in [0.15, 0.2) is 36.7 Å². The lowest BCUT2D eigenvalue weighted by atomic mass is 10.1. The number of rotatable bonds is 3. The van der Waals surface area contributed by atoms with Crippen molar-refractivity contribution in [1.82, 2.24) is 10.2 Å². The zero-order chi connectivity index (χ0) is 15.6. The van der Waals surface area contributed by atoms with Crippen LogP contribution in [0.25, 0.3) is 10.9 Å². The molecule has 1 aliphatic rings. The number of aromatic nitrogens is 3. The van der Waals surface area contributed by atoms with Crippen molar-refractivity contribution in [2.75, 3.05) is 18.5 Å². The Labute approximate surface area is 131 Å². The van der Waals surface area contributed by atoms with E-state index in [-0.39, 0.29) is 12.3 Å². The van der Waals surface area contributed by atoms with Gasteiger partial charge in [-0.2, -0.15) is 5.10 Å². The largest absolute Gasteiger partial charge is 0.486 e. The maximum absolute atomic E-state index is 12.2. The molecule has 0 bridgehead atoms. The van der Waals surface area contributed by atoms with Gasteiger partial charge in [0.2, 0.25) is 5.91 Å². The van der Waals surface area contributed by atoms with Crippen molar-refractivity contribution in [3.05, 3.63) is 42.2 Å². The number of nitrogens with one attached hydrogen (secondary N) is 3. The Kier molecular flexibility index (Phi) is 3.30. The molecule has 0 spiro atoms. The second kappa shape index (κ2) is 5.60. The number of aromatic amines is 2. The number of anilines is 1. The van der Waals surface area contributed by atoms with Gasteiger partial charge in [-0.15, -0.1) is 0 Å². The van der Waals surface area contributed by atoms with Crippen LogP contribution in [0.4, 0.5) is 5.82 Å². The first kappa shape index (κ1) is 13.6. The number of nitrogens with zero attached hydrogens (tertiary/aromatic N) is 1. The summed E-state index contributed by atoms with van der Waals surface area (Å²) in [7, 11) is 0. The Morgan fingerprint density at radius 1 is 1.26 bits per heavy atom. The number of benzene rings is 1. The molecule has 0 unspecified atom stereocenters. The number of fused-ring (bicyclic) bond motifs is 2. The fourth-order valence-electron chi connectivity index (χ4n) is 2.55. The molecule has 3 heterocycles. The van der Waals surface area contributed by atoms with E-state index in [9.17, 15) is 4.79 Å². The summed E-state index contributed by atoms with van der Waals surface area (Å²) in [5.74, 6) is 1.77. The predicted molar refractivity (Wildman–Crippen MR) is 82.4 cm³/mol. The highest BCUT2D eigenvalue weighted by Crippen LogP contribution is 2.31. The number of pyridine rings is 1. The van der Waals surface area contributed by atoms with Gasteiger partial charge in [-0.05, 0) is 17.7 Å². The molecule has 1 aromatic carbocycles. The number of ether oxygens (including phenoxy) is 2. The molecule has 3 N–H and O–H groups in total. The van der Waals surface area contributed by atoms with Crippen LogP contribution in [0.1, 0.15) is 5.56 Å². The molecule has 1 aliphatic heterocycles. The van der Waals surface area contributed by atoms with Crippen molar-refractivity contribution in [3.63, 3.8) is 0 Å². The van der Waals surface area contributed by atoms with E-state index in [2.05, 4.69) is 20.5 Å². The fraction of sp³-hybridized carbons (Fsp3) is 0.188. The Balaban J connectivity index is 1.50. The van der Waals surface area contributed by atoms with Crippen LogP contribution in [-0.4, -0.2) is 29.3 Å². The fourth-order valence-corrected chi connectivity index (χ4v) is 2.55. The van der Waals surface area contributed by atoms with Gasteiger partial charge in [0.25, 0.3) is 0 Å². The molecule has 0 atom stereocenters. The Morgan fingerprint density at radius 2 is 2.13 bits per heavy atom. The number of carbonyl (C=O) groups is 1. The standard InChI is InChI=1S/C16H14N4O3/c21-15(18-16-11-9-17-4-3-12(11)19-20-16)8-10-1-2-13-14(7-10)23-6-5-22-13/h1-4,7,9H,5-6,8H2,(H2,18,19,20,21)/p+1. The summed E-state index contributed by atoms with van der Waals surface area (Å²) in [5.41, 5.74) is 1.72. The van der Waals surface area contributed by atoms with Gasteiger partial charge in [-0.3, -0.25) is 9.89 Å². The normalized spacial score (nSPS) is 13.0. The number of amides is 1. The molecule has 7 nitrogen and oxygen atoms in total. The minimum atomic E-state index is -0.140. The molecule has 4 rings (SSSR count). The first-order valence-corrected chi connectivity index (χ1v) is 7.32. The molecular weight excluding hydrogens is 296 g/mol. The van der Waals surface area contributed by atoms with Crippen molar-refractivity contribution in [2.45, 2.75) is 6.42 Å². The summed E-state index contributed by atoms with van der Waals surface area (Å²) in [6.07, 6.45) is 3.82. The quantitative estimate of drug-likeness (QED) is 0.763. The van der Waals surface area contributed by atoms with Gasteiger partial charge in [0.1, 0.15) is 18.6 Å². The van der Waals surface area contributed by atoms with Crippen molar-refractivity contribution >= 4 is 22.6 Å². The first-order valence-electron chi connectivity index (χ1n) is 7.32. The highest BCUT2D eigenvalue weighted by Gasteiger charge is 2.15. The molecule has 7 heteroatoms. The van der Waals surface area contributed by atoms with E-state index in [0.717, 1.165) is 16.5 Å². The summed E-state index contributed by atoms with van der Waals surface area (Å²) < 4.78 is 11.0. The maximum Gasteiger partial charge on any atom is 0.230 e. The van der Waals surface area contributed by atoms with Crippen LogP contribution >= 0.6 is 0 Å². The van der Waals surface area contributed by atoms with E-state index >= 15 is 0 Å². The SMILES string of the molecule is O=C(Cc1ccc2c(c1)OCCO2)Nc1n[nH]c2cc[nH+]cc12. The number of hydrogen-bond acceptors (Lipinski definition) is 4. The van der Waals surface area contributed by atoms with E-state index in [1.54, 1.807) is 12.4 Å². The third-order valence-corrected chi connectivity index (χ3v) is 3.64. The van der Waals surface area contributed by atoms with Crippen LogP contribution in [0.2, 0.25) is 0 Å². The summed E-state index contributed by atoms with van der Waals surface area (Å²) in [5, 5.41) is 10.7. The molecule has 116 valence electrons. The van der Waals surface area contributed by atoms with E-state index in [1.165, 1.54) is 0 Å². The van der Waals surface area contributed by atoms with Crippen LogP contribution < -0.4 is 19.8 Å². The highest BCUT2D eigenvalue weighted by atomic mass is 16.6. The number of H-pyrrole nitrogens is 2. The lowest BCUT2D eigenvalue weighted by Crippen LogP contribution is -2.17. The average molecular weight is 311 g/mol. The van der Waals surface area contributed by atoms with Crippen molar-refractivity contribution in [3.8, 4) is 11.5 Å². The molecule has 0 aliphatic carbocycles. The minimum absolute atomic E-state index is 0.140. The highest BCUT2D eigenvalue weighted by molar-refractivity contribution is 5.99. The molecule has 0 saturated carbocycles. The number of carbonyl (C=O) groups excluding carboxylic acids is 1. The second-order valence-corrected chi connectivity index (χ2v) is 5.25. The van der Waals surface area contributed by atoms with E-state index < -0.39 is 0 Å². The molecule has 23 heavy (non-hydrogen) atoms. The number of hydrogen-bond donors (Lipinski definition) is 2. The predicted octanol–water partition coefficient (Wildman–Crippen LogP) is 1.33. The third kappa shape index (κ3) is 2.68. The molecule has 1 amide bonds. The van der Waals surface area contributed by atoms with E-state index in [4.69, 9.17) is 9.47 Å². The second-order valence-electron chi connectivity index (χ2n) is 5.25. The zero-order valence-electron chi connectivity index (χ0n) is 12.3. The zero-order valence-corrected chi connectivity index (χ0v) is 12.3. The Morgan fingerprint density at radius 3 is 3.04 bits per heavy atom. The monoisotopic (exact) mass is 311 g/mol. The average Bonchev–Trinajstić information content (AvgIpc) is 2.98. The van der Waals surface area contributed by atoms with Crippen molar-refractivity contribution in [2.24, 2.45) is 0 Å². The Hall–Kier alpha value is -3.09. The molecule has 0 radical (unpaired) electrons. The maximum atomic E-state index is 12.2. The van der Waals surface area contributed by atoms with E-state index in [0.29, 0.717) is 30.5 Å². The summed E-state index contributed by atoms with van der Waals surface area (Å²) in [6, 6.07) is 7.39. The van der Waals surface area contributed by atoms with Gasteiger partial charge in [-0.1, -0.05) is 6.07 Å². The third-order valence-electron chi connectivity index (χ3n) is 3.64. The van der Waals surface area contributed by atoms with Crippen LogP contribution in [0.5, 0.6) is 11.5 Å². The van der Waals surface area contributed by atoms with Gasteiger partial charge in [0, 0.05) is 6.07 Å². The van der Waals surface area contributed by atoms with E-state index in [1.807, 2.05) is 24.3 Å². The molecule has 2 aromatic heterocycles. The Bertz CT molecular complexity index is 875. The smallest absolute Gasteiger partial charge is 0.230 e. The van der Waals surface area contributed by atoms with Gasteiger partial charge in [0.05, 0.1) is 11.9 Å². The van der Waals surface area contributed by atoms with Gasteiger partial charge in [-0.25, -0.2) is 4.98 Å². The molecule has 3 aromatic rings. The van der Waals surface area contributed by atoms with Gasteiger partial charge in [0.15, 0.2) is 29.7 Å². The van der Waals surface area contributed by atoms with Crippen LogP contribution in [-0.2, 0) is 11.2 Å². The summed E-state index contributed by atoms with van der Waals surface area (Å²) >= 11 is 0. The molecule has 0 saturated heterocycles.